The number of hydrogen-bond donors (Lipinski definition) is 2. The van der Waals surface area contributed by atoms with Gasteiger partial charge in [-0.2, -0.15) is 13.2 Å². The summed E-state index contributed by atoms with van der Waals surface area (Å²) in [5, 5.41) is 11.7. The molecule has 0 aliphatic carbocycles. The van der Waals surface area contributed by atoms with Crippen molar-refractivity contribution in [2.45, 2.75) is 12.3 Å². The number of hydrogen-bond acceptors (Lipinski definition) is 3. The Kier molecular flexibility index (Phi) is 2.84. The molecule has 0 saturated carbocycles. The maximum atomic E-state index is 12.6. The van der Waals surface area contributed by atoms with Crippen molar-refractivity contribution >= 4 is 0 Å². The van der Waals surface area contributed by atoms with E-state index >= 15 is 0 Å². The molecule has 0 amide bonds. The van der Waals surface area contributed by atoms with E-state index in [0.29, 0.717) is 0 Å². The highest BCUT2D eigenvalue weighted by atomic mass is 19.4. The minimum Gasteiger partial charge on any atom is -0.391 e. The Balaban J connectivity index is 2.87. The molecule has 1 heterocycles. The normalized spacial score (nSPS) is 35.3. The van der Waals surface area contributed by atoms with E-state index in [2.05, 4.69) is 10.1 Å². The summed E-state index contributed by atoms with van der Waals surface area (Å²) >= 11 is 0. The van der Waals surface area contributed by atoms with Gasteiger partial charge in [-0.05, 0) is 0 Å². The average molecular weight is 199 g/mol. The second-order valence-corrected chi connectivity index (χ2v) is 3.23. The molecule has 1 aliphatic heterocycles. The van der Waals surface area contributed by atoms with E-state index in [4.69, 9.17) is 0 Å². The number of halogens is 3. The van der Waals surface area contributed by atoms with Gasteiger partial charge in [0.1, 0.15) is 5.41 Å². The number of nitrogens with one attached hydrogen (secondary N) is 1. The van der Waals surface area contributed by atoms with Gasteiger partial charge in [0, 0.05) is 20.2 Å². The highest BCUT2D eigenvalue weighted by molar-refractivity contribution is 5.00. The largest absolute Gasteiger partial charge is 0.400 e. The molecule has 0 aromatic rings. The summed E-state index contributed by atoms with van der Waals surface area (Å²) in [6.07, 6.45) is -5.86. The van der Waals surface area contributed by atoms with Gasteiger partial charge in [-0.15, -0.1) is 0 Å². The molecule has 0 spiro atoms. The minimum absolute atomic E-state index is 0.0388. The molecule has 0 radical (unpaired) electrons. The van der Waals surface area contributed by atoms with Crippen molar-refractivity contribution in [1.29, 1.82) is 0 Å². The molecular weight excluding hydrogens is 187 g/mol. The van der Waals surface area contributed by atoms with E-state index < -0.39 is 24.3 Å². The first-order valence-corrected chi connectivity index (χ1v) is 3.88. The predicted octanol–water partition coefficient (Wildman–Crippen LogP) is 0.146. The highest BCUT2D eigenvalue weighted by Crippen LogP contribution is 2.43. The summed E-state index contributed by atoms with van der Waals surface area (Å²) < 4.78 is 42.2. The first kappa shape index (κ1) is 10.7. The molecule has 1 saturated heterocycles. The number of methoxy groups -OCH3 is 1. The Morgan fingerprint density at radius 3 is 2.54 bits per heavy atom. The topological polar surface area (TPSA) is 41.5 Å². The lowest BCUT2D eigenvalue weighted by atomic mass is 9.85. The maximum absolute atomic E-state index is 12.6. The molecule has 0 bridgehead atoms. The lowest BCUT2D eigenvalue weighted by molar-refractivity contribution is -0.254. The Morgan fingerprint density at radius 1 is 1.62 bits per heavy atom. The summed E-state index contributed by atoms with van der Waals surface area (Å²) in [5.74, 6) is 0. The summed E-state index contributed by atoms with van der Waals surface area (Å²) in [5.41, 5.74) is -2.14. The van der Waals surface area contributed by atoms with Gasteiger partial charge in [0.2, 0.25) is 0 Å². The van der Waals surface area contributed by atoms with Crippen LogP contribution in [0.15, 0.2) is 0 Å². The Hall–Kier alpha value is -0.330. The monoisotopic (exact) mass is 199 g/mol. The third kappa shape index (κ3) is 1.66. The van der Waals surface area contributed by atoms with Crippen LogP contribution in [0.1, 0.15) is 0 Å². The lowest BCUT2D eigenvalue weighted by Gasteiger charge is -2.32. The van der Waals surface area contributed by atoms with Crippen LogP contribution in [0.2, 0.25) is 0 Å². The van der Waals surface area contributed by atoms with E-state index in [9.17, 15) is 18.3 Å². The van der Waals surface area contributed by atoms with Gasteiger partial charge in [-0.3, -0.25) is 0 Å². The molecule has 1 rings (SSSR count). The number of aliphatic hydroxyl groups is 1. The molecular formula is C7H12F3NO2. The van der Waals surface area contributed by atoms with E-state index in [1.54, 1.807) is 0 Å². The summed E-state index contributed by atoms with van der Waals surface area (Å²) in [7, 11) is 1.19. The average Bonchev–Trinajstić information content (AvgIpc) is 2.33. The minimum atomic E-state index is -4.44. The summed E-state index contributed by atoms with van der Waals surface area (Å²) in [6, 6.07) is 0. The first-order valence-electron chi connectivity index (χ1n) is 3.88. The molecule has 2 N–H and O–H groups in total. The fourth-order valence-corrected chi connectivity index (χ4v) is 1.52. The van der Waals surface area contributed by atoms with Crippen LogP contribution in [0.25, 0.3) is 0 Å². The molecule has 6 heteroatoms. The van der Waals surface area contributed by atoms with E-state index in [1.807, 2.05) is 0 Å². The molecule has 1 aliphatic rings. The van der Waals surface area contributed by atoms with Gasteiger partial charge in [0.05, 0.1) is 12.7 Å². The van der Waals surface area contributed by atoms with Crippen molar-refractivity contribution in [3.05, 3.63) is 0 Å². The number of ether oxygens (including phenoxy) is 1. The Morgan fingerprint density at radius 2 is 2.23 bits per heavy atom. The second-order valence-electron chi connectivity index (χ2n) is 3.23. The molecule has 0 aromatic heterocycles. The molecule has 13 heavy (non-hydrogen) atoms. The van der Waals surface area contributed by atoms with Crippen LogP contribution in [0.4, 0.5) is 13.2 Å². The van der Waals surface area contributed by atoms with Crippen molar-refractivity contribution in [2.75, 3.05) is 26.8 Å². The van der Waals surface area contributed by atoms with Crippen molar-refractivity contribution < 1.29 is 23.0 Å². The standard InChI is InChI=1S/C7H12F3NO2/c1-13-4-6(7(8,9)10)3-11-2-5(6)12/h5,11-12H,2-4H2,1H3. The van der Waals surface area contributed by atoms with E-state index in [-0.39, 0.29) is 13.1 Å². The molecule has 78 valence electrons. The van der Waals surface area contributed by atoms with Crippen LogP contribution < -0.4 is 5.32 Å². The third-order valence-electron chi connectivity index (χ3n) is 2.38. The molecule has 2 unspecified atom stereocenters. The Labute approximate surface area is 73.9 Å². The van der Waals surface area contributed by atoms with Crippen LogP contribution in [-0.4, -0.2) is 44.2 Å². The van der Waals surface area contributed by atoms with Crippen molar-refractivity contribution in [3.63, 3.8) is 0 Å². The van der Waals surface area contributed by atoms with Crippen LogP contribution in [0.5, 0.6) is 0 Å². The smallest absolute Gasteiger partial charge is 0.391 e. The van der Waals surface area contributed by atoms with Gasteiger partial charge >= 0.3 is 6.18 Å². The first-order chi connectivity index (χ1) is 5.94. The molecule has 0 aromatic carbocycles. The number of rotatable bonds is 2. The van der Waals surface area contributed by atoms with Gasteiger partial charge in [-0.1, -0.05) is 0 Å². The third-order valence-corrected chi connectivity index (χ3v) is 2.38. The maximum Gasteiger partial charge on any atom is 0.400 e. The number of β-amino-alcohol motifs (C(OH)–C–C–N with tert-alkyl or cyclic N) is 1. The van der Waals surface area contributed by atoms with Gasteiger partial charge in [0.15, 0.2) is 0 Å². The Bertz CT molecular complexity index is 185. The highest BCUT2D eigenvalue weighted by Gasteiger charge is 2.61. The SMILES string of the molecule is COCC1(C(F)(F)F)CNCC1O. The zero-order valence-electron chi connectivity index (χ0n) is 7.19. The zero-order valence-corrected chi connectivity index (χ0v) is 7.19. The van der Waals surface area contributed by atoms with E-state index in [1.165, 1.54) is 7.11 Å². The summed E-state index contributed by atoms with van der Waals surface area (Å²) in [6.45, 7) is -0.834. The fourth-order valence-electron chi connectivity index (χ4n) is 1.52. The second kappa shape index (κ2) is 3.43. The van der Waals surface area contributed by atoms with Gasteiger partial charge in [-0.25, -0.2) is 0 Å². The van der Waals surface area contributed by atoms with Gasteiger partial charge in [0.25, 0.3) is 0 Å². The van der Waals surface area contributed by atoms with Crippen LogP contribution in [0, 0.1) is 5.41 Å². The van der Waals surface area contributed by atoms with Crippen LogP contribution >= 0.6 is 0 Å². The van der Waals surface area contributed by atoms with Crippen molar-refractivity contribution in [3.8, 4) is 0 Å². The quantitative estimate of drug-likeness (QED) is 0.665. The van der Waals surface area contributed by atoms with Crippen molar-refractivity contribution in [1.82, 2.24) is 5.32 Å². The number of aliphatic hydroxyl groups excluding tert-OH is 1. The van der Waals surface area contributed by atoms with Crippen LogP contribution in [0.3, 0.4) is 0 Å². The molecule has 2 atom stereocenters. The predicted molar refractivity (Wildman–Crippen MR) is 39.2 cm³/mol. The number of alkyl halides is 3. The zero-order chi connectivity index (χ0) is 10.1. The summed E-state index contributed by atoms with van der Waals surface area (Å²) in [4.78, 5) is 0. The van der Waals surface area contributed by atoms with E-state index in [0.717, 1.165) is 0 Å². The van der Waals surface area contributed by atoms with Crippen molar-refractivity contribution in [2.24, 2.45) is 5.41 Å². The lowest BCUT2D eigenvalue weighted by Crippen LogP contribution is -2.50. The molecule has 1 fully saturated rings. The van der Waals surface area contributed by atoms with Gasteiger partial charge < -0.3 is 15.2 Å². The molecule has 3 nitrogen and oxygen atoms in total. The fraction of sp³-hybridized carbons (Fsp3) is 1.00. The van der Waals surface area contributed by atoms with Crippen LogP contribution in [-0.2, 0) is 4.74 Å².